The number of aromatic hydroxyl groups is 2. The van der Waals surface area contributed by atoms with E-state index in [1.165, 1.54) is 21.9 Å². The Bertz CT molecular complexity index is 2740. The monoisotopic (exact) mass is 1360 g/mol. The van der Waals surface area contributed by atoms with E-state index in [9.17, 15) is 108 Å². The van der Waals surface area contributed by atoms with Gasteiger partial charge in [0.1, 0.15) is 35.7 Å². The molecule has 0 spiro atoms. The molecule has 0 heterocycles. The van der Waals surface area contributed by atoms with Crippen LogP contribution < -0.4 is 42.5 Å². The lowest BCUT2D eigenvalue weighted by Gasteiger charge is -2.26. The number of benzene rings is 2. The van der Waals surface area contributed by atoms with Gasteiger partial charge in [0.25, 0.3) is 0 Å². The van der Waals surface area contributed by atoms with Crippen LogP contribution in [0.2, 0.25) is 0 Å². The fourth-order valence-corrected chi connectivity index (χ4v) is 9.60. The number of rotatable bonds is 53. The molecule has 0 aromatic heterocycles. The van der Waals surface area contributed by atoms with E-state index < -0.39 is 123 Å². The summed E-state index contributed by atoms with van der Waals surface area (Å²) in [7, 11) is 0. The molecule has 0 fully saturated rings. The van der Waals surface area contributed by atoms with Crippen LogP contribution >= 0.6 is 0 Å². The zero-order valence-corrected chi connectivity index (χ0v) is 53.5. The summed E-state index contributed by atoms with van der Waals surface area (Å²) in [5.41, 5.74) is 2.09. The number of amides is 8. The molecule has 0 aliphatic rings. The van der Waals surface area contributed by atoms with Gasteiger partial charge in [-0.25, -0.2) is 28.8 Å². The molecule has 2 aromatic rings. The SMILES string of the molecule is O=C(O)CC[C@H](NC(=O)N[C@@H](CCCCNC(=O)CCCCCNC(=O)CCc1ccc(O)c(CN(CCN(CC(=O)O)Cc2cc(CCC(=O)NCCCCCC(=O)NCCCC[C@H](NC(=O)N[C@@H](CCC(=O)O)C(=O)O)C(=O)O)ccc2O)CC(=O)O)c1)C(=O)O)C(=O)O. The number of hydrogen-bond acceptors (Lipinski definition) is 18. The van der Waals surface area contributed by atoms with E-state index in [4.69, 9.17) is 10.2 Å². The van der Waals surface area contributed by atoms with Crippen LogP contribution in [0.15, 0.2) is 36.4 Å². The van der Waals surface area contributed by atoms with Crippen LogP contribution in [0.25, 0.3) is 0 Å². The Labute approximate surface area is 553 Å². The van der Waals surface area contributed by atoms with Crippen molar-refractivity contribution in [2.45, 2.75) is 179 Å². The molecule has 2 aromatic carbocycles. The summed E-state index contributed by atoms with van der Waals surface area (Å²) in [4.78, 5) is 169. The second kappa shape index (κ2) is 46.3. The first-order valence-electron chi connectivity index (χ1n) is 31.6. The maximum atomic E-state index is 12.7. The number of hydrogen-bond donors (Lipinski definition) is 18. The van der Waals surface area contributed by atoms with Gasteiger partial charge in [-0.3, -0.25) is 48.2 Å². The first-order valence-corrected chi connectivity index (χ1v) is 31.6. The average Bonchev–Trinajstić information content (AvgIpc) is 0.925. The molecular formula is C62H92N10O24. The molecular weight excluding hydrogens is 1270 g/mol. The lowest BCUT2D eigenvalue weighted by atomic mass is 10.0. The molecule has 8 amide bonds. The lowest BCUT2D eigenvalue weighted by Crippen LogP contribution is -2.51. The van der Waals surface area contributed by atoms with E-state index >= 15 is 0 Å². The Morgan fingerprint density at radius 2 is 0.646 bits per heavy atom. The maximum Gasteiger partial charge on any atom is 0.326 e. The summed E-state index contributed by atoms with van der Waals surface area (Å²) in [6.45, 7) is 0.147. The van der Waals surface area contributed by atoms with E-state index in [0.717, 1.165) is 0 Å². The van der Waals surface area contributed by atoms with E-state index in [2.05, 4.69) is 42.5 Å². The first-order chi connectivity index (χ1) is 45.5. The number of carboxylic acid groups (broad SMARTS) is 8. The summed E-state index contributed by atoms with van der Waals surface area (Å²) in [5.74, 6) is -11.8. The molecule has 96 heavy (non-hydrogen) atoms. The third-order valence-electron chi connectivity index (χ3n) is 14.8. The molecule has 534 valence electrons. The number of carbonyl (C=O) groups excluding carboxylic acids is 6. The van der Waals surface area contributed by atoms with E-state index in [1.54, 1.807) is 24.3 Å². The fourth-order valence-electron chi connectivity index (χ4n) is 9.60. The lowest BCUT2D eigenvalue weighted by molar-refractivity contribution is -0.142. The van der Waals surface area contributed by atoms with Crippen molar-refractivity contribution in [1.82, 2.24) is 52.3 Å². The summed E-state index contributed by atoms with van der Waals surface area (Å²) in [5, 5.41) is 116. The summed E-state index contributed by atoms with van der Waals surface area (Å²) < 4.78 is 0. The Kier molecular flexibility index (Phi) is 39.6. The van der Waals surface area contributed by atoms with Crippen molar-refractivity contribution in [2.75, 3.05) is 52.4 Å². The summed E-state index contributed by atoms with van der Waals surface area (Å²) in [6, 6.07) is 1.47. The molecule has 0 radical (unpaired) electrons. The third-order valence-corrected chi connectivity index (χ3v) is 14.8. The van der Waals surface area contributed by atoms with Gasteiger partial charge >= 0.3 is 59.8 Å². The normalized spacial score (nSPS) is 12.2. The minimum Gasteiger partial charge on any atom is -0.508 e. The number of aliphatic carboxylic acids is 8. The second-order valence-corrected chi connectivity index (χ2v) is 22.8. The van der Waals surface area contributed by atoms with Gasteiger partial charge in [0.2, 0.25) is 23.6 Å². The van der Waals surface area contributed by atoms with E-state index in [1.807, 2.05) is 0 Å². The van der Waals surface area contributed by atoms with Gasteiger partial charge in [0.15, 0.2) is 0 Å². The largest absolute Gasteiger partial charge is 0.508 e. The number of nitrogens with zero attached hydrogens (tertiary/aromatic N) is 2. The smallest absolute Gasteiger partial charge is 0.326 e. The predicted molar refractivity (Wildman–Crippen MR) is 338 cm³/mol. The van der Waals surface area contributed by atoms with Crippen molar-refractivity contribution in [3.63, 3.8) is 0 Å². The number of carbonyl (C=O) groups is 14. The van der Waals surface area contributed by atoms with Crippen LogP contribution in [-0.4, -0.2) is 221 Å². The zero-order valence-electron chi connectivity index (χ0n) is 53.5. The van der Waals surface area contributed by atoms with Crippen molar-refractivity contribution in [3.8, 4) is 11.5 Å². The van der Waals surface area contributed by atoms with Crippen LogP contribution in [0.1, 0.15) is 151 Å². The molecule has 4 atom stereocenters. The zero-order chi connectivity index (χ0) is 71.5. The second-order valence-electron chi connectivity index (χ2n) is 22.8. The number of phenols is 2. The van der Waals surface area contributed by atoms with Crippen molar-refractivity contribution in [1.29, 1.82) is 0 Å². The van der Waals surface area contributed by atoms with Gasteiger partial charge in [-0.1, -0.05) is 37.1 Å². The molecule has 18 N–H and O–H groups in total. The molecule has 34 heteroatoms. The highest BCUT2D eigenvalue weighted by Gasteiger charge is 2.27. The molecule has 2 rings (SSSR count). The summed E-state index contributed by atoms with van der Waals surface area (Å²) >= 11 is 0. The number of aryl methyl sites for hydroxylation is 2. The van der Waals surface area contributed by atoms with Crippen LogP contribution in [0.5, 0.6) is 11.5 Å². The first kappa shape index (κ1) is 82.2. The topological polar surface area (TPSA) is 544 Å². The Balaban J connectivity index is 1.74. The van der Waals surface area contributed by atoms with Gasteiger partial charge < -0.3 is 93.6 Å². The van der Waals surface area contributed by atoms with Crippen molar-refractivity contribution in [3.05, 3.63) is 58.7 Å². The van der Waals surface area contributed by atoms with Gasteiger partial charge in [-0.05, 0) is 113 Å². The number of nitrogens with one attached hydrogen (secondary N) is 8. The standard InChI is InChI=1S/C62H92N10O24/c73-47-21-15-39(17-23-51(77)65-27-7-1-3-13-49(75)63-29-9-5-11-43(57(87)88)67-61(95)69-45(59(91)92)19-25-53(79)80)33-41(47)35-71(37-55(83)84)31-32-72(38-56(85)86)36-42-34-40(16-22-48(42)74)18-24-52(78)66-28-8-2-4-14-50(76)64-30-10-6-12-44(58(89)90)68-62(96)70-46(60(93)94)20-26-54(81)82/h15-16,21-22,33-34,43-46,73-74H,1-14,17-20,23-32,35-38H2,(H,63,75)(H,64,76)(H,65,77)(H,66,78)(H,79,80)(H,81,82)(H,83,84)(H,85,86)(H,87,88)(H,89,90)(H,91,92)(H,93,94)(H2,67,69,95)(H2,68,70,96)/t43-,44-,45-,46-/m0/s1. The number of carboxylic acids is 8. The molecule has 0 unspecified atom stereocenters. The maximum absolute atomic E-state index is 12.7. The van der Waals surface area contributed by atoms with E-state index in [0.29, 0.717) is 86.7 Å². The fraction of sp³-hybridized carbons (Fsp3) is 0.581. The quantitative estimate of drug-likeness (QED) is 0.0417. The van der Waals surface area contributed by atoms with Crippen molar-refractivity contribution in [2.24, 2.45) is 0 Å². The highest BCUT2D eigenvalue weighted by Crippen LogP contribution is 2.24. The van der Waals surface area contributed by atoms with Crippen LogP contribution in [-0.2, 0) is 83.5 Å². The highest BCUT2D eigenvalue weighted by molar-refractivity contribution is 5.87. The Hall–Kier alpha value is -9.86. The molecule has 0 aliphatic carbocycles. The van der Waals surface area contributed by atoms with Gasteiger partial charge in [-0.2, -0.15) is 0 Å². The molecule has 0 saturated heterocycles. The molecule has 0 bridgehead atoms. The van der Waals surface area contributed by atoms with Gasteiger partial charge in [0.05, 0.1) is 13.1 Å². The number of urea groups is 2. The van der Waals surface area contributed by atoms with Crippen molar-refractivity contribution < 1.29 is 118 Å². The summed E-state index contributed by atoms with van der Waals surface area (Å²) in [6.07, 6.45) is 4.02. The van der Waals surface area contributed by atoms with Gasteiger partial charge in [-0.15, -0.1) is 0 Å². The number of phenolic OH excluding ortho intramolecular Hbond substituents is 2. The van der Waals surface area contributed by atoms with Crippen LogP contribution in [0.4, 0.5) is 9.59 Å². The molecule has 0 aliphatic heterocycles. The Morgan fingerprint density at radius 3 is 0.948 bits per heavy atom. The Morgan fingerprint density at radius 1 is 0.344 bits per heavy atom. The van der Waals surface area contributed by atoms with Crippen molar-refractivity contribution >= 4 is 83.4 Å². The van der Waals surface area contributed by atoms with E-state index in [-0.39, 0.29) is 139 Å². The predicted octanol–water partition coefficient (Wildman–Crippen LogP) is 1.50. The average molecular weight is 1360 g/mol. The minimum absolute atomic E-state index is 0.0249. The third kappa shape index (κ3) is 38.4. The highest BCUT2D eigenvalue weighted by atomic mass is 16.4. The number of unbranched alkanes of at least 4 members (excludes halogenated alkanes) is 6. The molecule has 34 nitrogen and oxygen atoms in total. The van der Waals surface area contributed by atoms with Gasteiger partial charge in [0, 0.05) is 102 Å². The molecule has 0 saturated carbocycles. The van der Waals surface area contributed by atoms with Crippen LogP contribution in [0.3, 0.4) is 0 Å². The van der Waals surface area contributed by atoms with Crippen LogP contribution in [0, 0.1) is 0 Å². The minimum atomic E-state index is -1.54.